The van der Waals surface area contributed by atoms with E-state index in [1.807, 2.05) is 40.7 Å². The van der Waals surface area contributed by atoms with E-state index < -0.39 is 51.0 Å². The van der Waals surface area contributed by atoms with Gasteiger partial charge in [0.25, 0.3) is 0 Å². The van der Waals surface area contributed by atoms with Gasteiger partial charge in [-0.05, 0) is 73.0 Å². The number of benzene rings is 1. The van der Waals surface area contributed by atoms with Gasteiger partial charge >= 0.3 is 0 Å². The molecule has 1 aromatic rings. The Hall–Kier alpha value is -2.93. The van der Waals surface area contributed by atoms with E-state index in [1.54, 1.807) is 6.92 Å². The van der Waals surface area contributed by atoms with Crippen molar-refractivity contribution in [2.24, 2.45) is 28.1 Å². The second-order valence-electron chi connectivity index (χ2n) is 15.4. The molecule has 0 bridgehead atoms. The Morgan fingerprint density at radius 3 is 2.17 bits per heavy atom. The van der Waals surface area contributed by atoms with Crippen LogP contribution in [0.1, 0.15) is 121 Å². The van der Waals surface area contributed by atoms with Crippen LogP contribution in [0.5, 0.6) is 5.75 Å². The van der Waals surface area contributed by atoms with Gasteiger partial charge in [-0.15, -0.1) is 0 Å². The molecule has 3 aliphatic rings. The van der Waals surface area contributed by atoms with E-state index >= 15 is 0 Å². The average molecular weight is 581 g/mol. The summed E-state index contributed by atoms with van der Waals surface area (Å²) < 4.78 is 0. The van der Waals surface area contributed by atoms with Crippen LogP contribution in [-0.2, 0) is 22.4 Å². The van der Waals surface area contributed by atoms with Crippen LogP contribution in [0.2, 0.25) is 0 Å². The second-order valence-corrected chi connectivity index (χ2v) is 15.4. The zero-order valence-electron chi connectivity index (χ0n) is 26.9. The van der Waals surface area contributed by atoms with Crippen LogP contribution in [0.3, 0.4) is 0 Å². The summed E-state index contributed by atoms with van der Waals surface area (Å²) in [4.78, 5) is 40.9. The summed E-state index contributed by atoms with van der Waals surface area (Å²) in [5.41, 5.74) is -3.11. The highest BCUT2D eigenvalue weighted by atomic mass is 16.3. The minimum atomic E-state index is -2.60. The fourth-order valence-electron chi connectivity index (χ4n) is 8.40. The number of allylic oxidation sites excluding steroid dienone is 2. The van der Waals surface area contributed by atoms with Crippen molar-refractivity contribution in [3.63, 3.8) is 0 Å². The number of hydrogen-bond acceptors (Lipinski definition) is 7. The first kappa shape index (κ1) is 32.0. The second kappa shape index (κ2) is 10.1. The quantitative estimate of drug-likeness (QED) is 0.271. The lowest BCUT2D eigenvalue weighted by Gasteiger charge is -2.59. The van der Waals surface area contributed by atoms with E-state index in [0.29, 0.717) is 24.0 Å². The molecule has 0 amide bonds. The number of aliphatic hydroxyl groups excluding tert-OH is 2. The number of carbonyl (C=O) groups is 3. The third-order valence-electron chi connectivity index (χ3n) is 10.1. The summed E-state index contributed by atoms with van der Waals surface area (Å²) in [5.74, 6) is -4.79. The van der Waals surface area contributed by atoms with Gasteiger partial charge in [-0.1, -0.05) is 68.4 Å². The number of carbonyl (C=O) groups excluding carboxylic acids is 3. The van der Waals surface area contributed by atoms with Crippen molar-refractivity contribution < 1.29 is 34.8 Å². The maximum atomic E-state index is 14.4. The summed E-state index contributed by atoms with van der Waals surface area (Å²) in [6.07, 6.45) is 2.72. The number of phenols is 1. The van der Waals surface area contributed by atoms with E-state index in [2.05, 4.69) is 20.8 Å². The molecule has 0 heterocycles. The molecule has 3 aliphatic carbocycles. The highest BCUT2D eigenvalue weighted by molar-refractivity contribution is 6.25. The van der Waals surface area contributed by atoms with Crippen molar-refractivity contribution in [2.45, 2.75) is 113 Å². The normalized spacial score (nSPS) is 29.7. The molecule has 0 radical (unpaired) electrons. The highest BCUT2D eigenvalue weighted by Crippen LogP contribution is 2.65. The van der Waals surface area contributed by atoms with Crippen molar-refractivity contribution in [3.8, 4) is 5.75 Å². The fourth-order valence-corrected chi connectivity index (χ4v) is 8.40. The van der Waals surface area contributed by atoms with Crippen LogP contribution < -0.4 is 0 Å². The Kier molecular flexibility index (Phi) is 7.67. The van der Waals surface area contributed by atoms with Crippen molar-refractivity contribution >= 4 is 17.3 Å². The molecule has 0 saturated heterocycles. The Bertz CT molecular complexity index is 1440. The average Bonchev–Trinajstić information content (AvgIpc) is 2.81. The Morgan fingerprint density at radius 2 is 1.67 bits per heavy atom. The fraction of sp³-hybridized carbons (Fsp3) is 0.629. The number of hydrogen-bond donors (Lipinski definition) is 4. The van der Waals surface area contributed by atoms with Crippen LogP contribution in [-0.4, -0.2) is 43.4 Å². The number of aromatic hydroxyl groups is 1. The summed E-state index contributed by atoms with van der Waals surface area (Å²) >= 11 is 0. The lowest BCUT2D eigenvalue weighted by molar-refractivity contribution is -0.171. The molecular formula is C35H48O7. The minimum absolute atomic E-state index is 0.0529. The molecule has 7 heteroatoms. The van der Waals surface area contributed by atoms with Gasteiger partial charge in [0.1, 0.15) is 22.8 Å². The van der Waals surface area contributed by atoms with Gasteiger partial charge in [-0.3, -0.25) is 14.4 Å². The first-order valence-corrected chi connectivity index (χ1v) is 15.2. The van der Waals surface area contributed by atoms with Crippen LogP contribution in [0.25, 0.3) is 0 Å². The van der Waals surface area contributed by atoms with Crippen LogP contribution in [0.4, 0.5) is 0 Å². The zero-order valence-corrected chi connectivity index (χ0v) is 26.9. The van der Waals surface area contributed by atoms with Crippen molar-refractivity contribution in [2.75, 3.05) is 0 Å². The summed E-state index contributed by atoms with van der Waals surface area (Å²) in [5, 5.41) is 46.9. The lowest BCUT2D eigenvalue weighted by Crippen LogP contribution is -2.67. The van der Waals surface area contributed by atoms with E-state index in [0.717, 1.165) is 25.3 Å². The molecule has 0 aliphatic heterocycles. The Labute approximate surface area is 249 Å². The molecule has 4 atom stereocenters. The monoisotopic (exact) mass is 580 g/mol. The van der Waals surface area contributed by atoms with Crippen LogP contribution in [0.15, 0.2) is 28.7 Å². The number of aliphatic hydroxyl groups is 3. The molecule has 0 saturated carbocycles. The molecule has 4 N–H and O–H groups in total. The van der Waals surface area contributed by atoms with Gasteiger partial charge in [0, 0.05) is 22.3 Å². The van der Waals surface area contributed by atoms with Gasteiger partial charge < -0.3 is 20.4 Å². The Balaban J connectivity index is 1.99. The molecule has 42 heavy (non-hydrogen) atoms. The number of rotatable bonds is 6. The van der Waals surface area contributed by atoms with Gasteiger partial charge in [-0.2, -0.15) is 0 Å². The number of ketones is 3. The molecule has 7 nitrogen and oxygen atoms in total. The standard InChI is InChI=1S/C35H48O7/c1-17(2)21-14-20(12-11-13-32(6,7)8)27(37)24-22(21)15-33(9)16-34(10)25(18(3)4)28(38)23(19(5)36)30(40)35(34,42)31(41)26(33)29(24)39/h14,17-18,25,37-38,41-42H,11-13,15-16H2,1-10H3/t25?,33-,34-,35+/m1/s1. The summed E-state index contributed by atoms with van der Waals surface area (Å²) in [6.45, 7) is 18.8. The maximum Gasteiger partial charge on any atom is 0.209 e. The molecule has 0 aromatic heterocycles. The first-order chi connectivity index (χ1) is 19.1. The highest BCUT2D eigenvalue weighted by Gasteiger charge is 2.71. The number of fused-ring (bicyclic) bond motifs is 3. The topological polar surface area (TPSA) is 132 Å². The third kappa shape index (κ3) is 4.45. The largest absolute Gasteiger partial charge is 0.511 e. The van der Waals surface area contributed by atoms with Crippen LogP contribution in [0, 0.1) is 28.1 Å². The first-order valence-electron chi connectivity index (χ1n) is 15.2. The Morgan fingerprint density at radius 1 is 1.07 bits per heavy atom. The predicted octanol–water partition coefficient (Wildman–Crippen LogP) is 6.84. The summed E-state index contributed by atoms with van der Waals surface area (Å²) in [7, 11) is 0. The number of phenolic OH excluding ortho intramolecular Hbond substituents is 1. The van der Waals surface area contributed by atoms with E-state index in [9.17, 15) is 34.8 Å². The van der Waals surface area contributed by atoms with E-state index in [4.69, 9.17) is 0 Å². The summed E-state index contributed by atoms with van der Waals surface area (Å²) in [6, 6.07) is 2.00. The molecule has 230 valence electrons. The SMILES string of the molecule is CC(=O)C1=C(O)C(C(C)C)[C@@]2(C)C[C@@]3(C)Cc4c(C(C)C)cc(CCCC(C)(C)C)c(O)c4C(=O)C3=C(O)[C@@]2(O)C1=O. The number of aryl methyl sites for hydroxylation is 1. The van der Waals surface area contributed by atoms with Gasteiger partial charge in [0.15, 0.2) is 17.2 Å². The molecule has 1 aromatic carbocycles. The van der Waals surface area contributed by atoms with Gasteiger partial charge in [0.2, 0.25) is 5.78 Å². The van der Waals surface area contributed by atoms with E-state index in [1.165, 1.54) is 0 Å². The predicted molar refractivity (Wildman–Crippen MR) is 162 cm³/mol. The van der Waals surface area contributed by atoms with Crippen molar-refractivity contribution in [1.82, 2.24) is 0 Å². The van der Waals surface area contributed by atoms with Crippen molar-refractivity contribution in [1.29, 1.82) is 0 Å². The lowest BCUT2D eigenvalue weighted by atomic mass is 9.44. The third-order valence-corrected chi connectivity index (χ3v) is 10.1. The molecule has 0 fully saturated rings. The van der Waals surface area contributed by atoms with Crippen molar-refractivity contribution in [3.05, 3.63) is 51.0 Å². The van der Waals surface area contributed by atoms with E-state index in [-0.39, 0.29) is 46.3 Å². The van der Waals surface area contributed by atoms with Gasteiger partial charge in [0.05, 0.1) is 5.56 Å². The molecule has 0 spiro atoms. The molecular weight excluding hydrogens is 532 g/mol. The molecule has 4 rings (SSSR count). The smallest absolute Gasteiger partial charge is 0.209 e. The maximum absolute atomic E-state index is 14.4. The minimum Gasteiger partial charge on any atom is -0.511 e. The zero-order chi connectivity index (χ0) is 31.9. The van der Waals surface area contributed by atoms with Gasteiger partial charge in [-0.25, -0.2) is 0 Å². The number of Topliss-reactive ketones (excluding diaryl/α,β-unsaturated/α-hetero) is 3. The van der Waals surface area contributed by atoms with Crippen LogP contribution >= 0.6 is 0 Å². The molecule has 1 unspecified atom stereocenters.